The number of anilines is 6. The van der Waals surface area contributed by atoms with E-state index in [1.54, 1.807) is 0 Å². The molecule has 0 saturated heterocycles. The molecule has 3 heterocycles. The first-order valence-corrected chi connectivity index (χ1v) is 38.3. The Labute approximate surface area is 631 Å². The van der Waals surface area contributed by atoms with E-state index in [2.05, 4.69) is 418 Å². The van der Waals surface area contributed by atoms with Crippen LogP contribution in [-0.4, -0.2) is 11.3 Å². The molecule has 0 unspecified atom stereocenters. The second kappa shape index (κ2) is 25.5. The Kier molecular flexibility index (Phi) is 16.8. The lowest BCUT2D eigenvalue weighted by Crippen LogP contribution is -2.61. The zero-order valence-electron chi connectivity index (χ0n) is 65.5. The van der Waals surface area contributed by atoms with Gasteiger partial charge in [0.25, 0.3) is 6.71 Å². The maximum atomic E-state index is 2.68. The number of fused-ring (bicyclic) bond motifs is 7. The van der Waals surface area contributed by atoms with Gasteiger partial charge in [0, 0.05) is 44.9 Å². The highest BCUT2D eigenvalue weighted by molar-refractivity contribution is 7.00. The molecule has 0 saturated carbocycles. The van der Waals surface area contributed by atoms with E-state index in [1.165, 1.54) is 161 Å². The van der Waals surface area contributed by atoms with Crippen molar-refractivity contribution in [1.29, 1.82) is 0 Å². The molecule has 0 bridgehead atoms. The first-order chi connectivity index (χ1) is 50.3. The van der Waals surface area contributed by atoms with E-state index in [0.717, 1.165) is 17.1 Å². The highest BCUT2D eigenvalue weighted by atomic mass is 15.2. The van der Waals surface area contributed by atoms with Crippen LogP contribution in [0.3, 0.4) is 0 Å². The van der Waals surface area contributed by atoms with E-state index in [9.17, 15) is 0 Å². The average Bonchev–Trinajstić information content (AvgIpc) is 0.716. The Morgan fingerprint density at radius 1 is 0.208 bits per heavy atom. The molecule has 526 valence electrons. The molecule has 13 aromatic carbocycles. The highest BCUT2D eigenvalue weighted by Gasteiger charge is 2.45. The molecule has 0 atom stereocenters. The number of aromatic nitrogens is 1. The molecule has 2 aliphatic heterocycles. The summed E-state index contributed by atoms with van der Waals surface area (Å²) in [4.78, 5) is 5.37. The van der Waals surface area contributed by atoms with Gasteiger partial charge in [0.15, 0.2) is 0 Å². The Morgan fingerprint density at radius 3 is 0.755 bits per heavy atom. The van der Waals surface area contributed by atoms with Crippen molar-refractivity contribution in [3.63, 3.8) is 0 Å². The Bertz CT molecular complexity index is 5300. The molecular weight excluding hydrogens is 1280 g/mol. The molecule has 0 N–H and O–H groups in total. The van der Waals surface area contributed by atoms with Crippen molar-refractivity contribution < 1.29 is 0 Å². The van der Waals surface area contributed by atoms with Crippen LogP contribution in [0.15, 0.2) is 279 Å². The van der Waals surface area contributed by atoms with E-state index in [0.29, 0.717) is 0 Å². The number of nitrogens with zero attached hydrogens (tertiary/aromatic N) is 3. The minimum absolute atomic E-state index is 0.0974. The monoisotopic (exact) mass is 1380 g/mol. The summed E-state index contributed by atoms with van der Waals surface area (Å²) in [6, 6.07) is 108. The minimum Gasteiger partial charge on any atom is -0.311 e. The van der Waals surface area contributed by atoms with Crippen LogP contribution in [0.1, 0.15) is 158 Å². The summed E-state index contributed by atoms with van der Waals surface area (Å²) in [7, 11) is 0. The SMILES string of the molecule is CC(C)(C)c1cc(N2c3ccc(-c4ccc(-c5ccc(-c6ccccc6)cc5)cc4)cc3B3c4cc(-c5ccc(-c6ccc(-c7ccccc7)cc6)cc5)ccc4N(c4cc(C(C)(C)C)cc(C(C)(C)C)c4)c4cc(-n5c6cc(C(C)(C)C)ccc6c6ccc(C(C)(C)C)cc65)cc2c43)cc(C(C)(C)C)c1. The zero-order valence-corrected chi connectivity index (χ0v) is 65.5. The van der Waals surface area contributed by atoms with Gasteiger partial charge in [-0.3, -0.25) is 0 Å². The van der Waals surface area contributed by atoms with Gasteiger partial charge in [-0.05, 0) is 210 Å². The molecule has 106 heavy (non-hydrogen) atoms. The minimum atomic E-state index is -0.208. The molecule has 0 radical (unpaired) electrons. The van der Waals surface area contributed by atoms with Crippen molar-refractivity contribution >= 4 is 79.0 Å². The van der Waals surface area contributed by atoms with Crippen molar-refractivity contribution in [2.24, 2.45) is 0 Å². The number of rotatable bonds is 9. The smallest absolute Gasteiger partial charge is 0.252 e. The zero-order chi connectivity index (χ0) is 74.3. The maximum Gasteiger partial charge on any atom is 0.252 e. The van der Waals surface area contributed by atoms with Gasteiger partial charge in [0.2, 0.25) is 0 Å². The van der Waals surface area contributed by atoms with Crippen molar-refractivity contribution in [2.45, 2.75) is 157 Å². The molecule has 16 rings (SSSR count). The van der Waals surface area contributed by atoms with E-state index < -0.39 is 0 Å². The van der Waals surface area contributed by atoms with E-state index in [-0.39, 0.29) is 39.2 Å². The predicted molar refractivity (Wildman–Crippen MR) is 460 cm³/mol. The molecule has 0 spiro atoms. The highest BCUT2D eigenvalue weighted by Crippen LogP contribution is 2.51. The van der Waals surface area contributed by atoms with Gasteiger partial charge in [0.1, 0.15) is 0 Å². The molecule has 3 nitrogen and oxygen atoms in total. The average molecular weight is 1380 g/mol. The van der Waals surface area contributed by atoms with Gasteiger partial charge in [-0.15, -0.1) is 0 Å². The van der Waals surface area contributed by atoms with Crippen molar-refractivity contribution in [2.75, 3.05) is 9.80 Å². The summed E-state index contributed by atoms with van der Waals surface area (Å²) in [6.45, 7) is 42.4. The summed E-state index contributed by atoms with van der Waals surface area (Å²) < 4.78 is 2.63. The second-order valence-corrected chi connectivity index (χ2v) is 36.4. The number of benzene rings is 13. The number of hydrogen-bond donors (Lipinski definition) is 0. The Hall–Kier alpha value is -10.7. The van der Waals surface area contributed by atoms with Crippen LogP contribution in [0, 0.1) is 0 Å². The van der Waals surface area contributed by atoms with Crippen molar-refractivity contribution in [1.82, 2.24) is 4.57 Å². The first kappa shape index (κ1) is 69.7. The largest absolute Gasteiger partial charge is 0.311 e. The fourth-order valence-corrected chi connectivity index (χ4v) is 16.2. The molecule has 1 aromatic heterocycles. The molecule has 2 aliphatic rings. The summed E-state index contributed by atoms with van der Waals surface area (Å²) in [5, 5.41) is 2.50. The van der Waals surface area contributed by atoms with E-state index in [4.69, 9.17) is 0 Å². The van der Waals surface area contributed by atoms with E-state index in [1.807, 2.05) is 0 Å². The van der Waals surface area contributed by atoms with Gasteiger partial charge in [-0.25, -0.2) is 0 Å². The van der Waals surface area contributed by atoms with Gasteiger partial charge in [0.05, 0.1) is 16.7 Å². The fraction of sp³-hybridized carbons (Fsp3) is 0.235. The Balaban J connectivity index is 0.995. The van der Waals surface area contributed by atoms with Gasteiger partial charge >= 0.3 is 0 Å². The van der Waals surface area contributed by atoms with Crippen LogP contribution in [-0.2, 0) is 32.5 Å². The normalized spacial score (nSPS) is 13.3. The fourth-order valence-electron chi connectivity index (χ4n) is 16.2. The van der Waals surface area contributed by atoms with Crippen LogP contribution in [0.2, 0.25) is 0 Å². The lowest BCUT2D eigenvalue weighted by Gasteiger charge is -2.45. The summed E-state index contributed by atoms with van der Waals surface area (Å²) in [5.74, 6) is 0. The third-order valence-corrected chi connectivity index (χ3v) is 22.7. The van der Waals surface area contributed by atoms with Crippen LogP contribution in [0.5, 0.6) is 0 Å². The summed E-state index contributed by atoms with van der Waals surface area (Å²) >= 11 is 0. The molecule has 0 aliphatic carbocycles. The quantitative estimate of drug-likeness (QED) is 0.133. The standard InChI is InChI=1S/C102H100BN3/c1-97(2,3)77-47-49-86-87-50-48-78(98(4,5)6)62-93(87)106(92(86)61-77)85-63-94-96-95(64-85)105(84-59-81(101(13,14)15)56-82(60-84)102(16,17)18)91-52-46-76(74-43-39-72(40-44-74)70-35-31-68(32-36-70)66-27-23-20-24-28-66)54-89(91)103(96)88-53-75(45-51-90(88)104(94)83-57-79(99(7,8)9)55-80(58-83)100(10,11)12)73-41-37-71(38-42-73)69-33-29-67(30-34-69)65-25-21-19-22-26-65/h19-64H,1-18H3. The summed E-state index contributed by atoms with van der Waals surface area (Å²) in [6.07, 6.45) is 0. The second-order valence-electron chi connectivity index (χ2n) is 36.4. The van der Waals surface area contributed by atoms with Crippen LogP contribution < -0.4 is 26.2 Å². The third kappa shape index (κ3) is 12.8. The lowest BCUT2D eigenvalue weighted by molar-refractivity contribution is 0.568. The molecule has 0 fully saturated rings. The van der Waals surface area contributed by atoms with Crippen LogP contribution >= 0.6 is 0 Å². The lowest BCUT2D eigenvalue weighted by atomic mass is 9.33. The first-order valence-electron chi connectivity index (χ1n) is 38.3. The van der Waals surface area contributed by atoms with E-state index >= 15 is 0 Å². The summed E-state index contributed by atoms with van der Waals surface area (Å²) in [5.41, 5.74) is 35.7. The van der Waals surface area contributed by atoms with Crippen LogP contribution in [0.4, 0.5) is 34.1 Å². The van der Waals surface area contributed by atoms with Crippen molar-refractivity contribution in [3.05, 3.63) is 312 Å². The van der Waals surface area contributed by atoms with Gasteiger partial charge in [-0.2, -0.15) is 0 Å². The predicted octanol–water partition coefficient (Wildman–Crippen LogP) is 26.7. The topological polar surface area (TPSA) is 11.4 Å². The molecule has 4 heteroatoms. The third-order valence-electron chi connectivity index (χ3n) is 22.7. The Morgan fingerprint density at radius 2 is 0.472 bits per heavy atom. The molecular formula is C102H100BN3. The van der Waals surface area contributed by atoms with Crippen molar-refractivity contribution in [3.8, 4) is 72.4 Å². The number of hydrogen-bond acceptors (Lipinski definition) is 2. The van der Waals surface area contributed by atoms with Gasteiger partial charge < -0.3 is 14.4 Å². The molecule has 14 aromatic rings. The molecule has 0 amide bonds. The van der Waals surface area contributed by atoms with Gasteiger partial charge in [-0.1, -0.05) is 343 Å². The maximum absolute atomic E-state index is 2.68. The van der Waals surface area contributed by atoms with Crippen LogP contribution in [0.25, 0.3) is 94.3 Å².